The van der Waals surface area contributed by atoms with Crippen LogP contribution in [0.4, 0.5) is 0 Å². The van der Waals surface area contributed by atoms with E-state index in [9.17, 15) is 5.11 Å². The molecule has 2 aromatic rings. The number of hydrogen-bond donors (Lipinski definition) is 1. The highest BCUT2D eigenvalue weighted by Gasteiger charge is 2.14. The predicted molar refractivity (Wildman–Crippen MR) is 99.5 cm³/mol. The van der Waals surface area contributed by atoms with E-state index in [1.54, 1.807) is 20.5 Å². The van der Waals surface area contributed by atoms with Crippen LogP contribution in [0.2, 0.25) is 0 Å². The van der Waals surface area contributed by atoms with E-state index in [0.717, 1.165) is 30.8 Å². The molecule has 144 valence electrons. The van der Waals surface area contributed by atoms with Crippen LogP contribution in [0.3, 0.4) is 0 Å². The third kappa shape index (κ3) is 6.37. The van der Waals surface area contributed by atoms with Crippen molar-refractivity contribution in [3.63, 3.8) is 0 Å². The summed E-state index contributed by atoms with van der Waals surface area (Å²) >= 11 is 0. The average molecular weight is 363 g/mol. The van der Waals surface area contributed by atoms with Gasteiger partial charge in [0, 0.05) is 13.1 Å². The Morgan fingerprint density at radius 3 is 2.62 bits per heavy atom. The molecular formula is C20H29NO5. The standard InChI is InChI=1S/C20H29NO5/c1-4-9-21(12-16-7-8-19(23-2)20(11-16)24-3)13-17(22)14-25-15-18-6-5-10-26-18/h5-8,10-11,17,22H,4,9,12-15H2,1-3H3. The largest absolute Gasteiger partial charge is 0.493 e. The lowest BCUT2D eigenvalue weighted by Gasteiger charge is -2.25. The summed E-state index contributed by atoms with van der Waals surface area (Å²) in [5.74, 6) is 2.18. The molecule has 1 heterocycles. The van der Waals surface area contributed by atoms with Gasteiger partial charge in [0.1, 0.15) is 12.4 Å². The molecule has 0 amide bonds. The molecule has 1 N–H and O–H groups in total. The molecule has 0 fully saturated rings. The Labute approximate surface area is 155 Å². The lowest BCUT2D eigenvalue weighted by molar-refractivity contribution is 0.00386. The molecule has 1 aromatic heterocycles. The van der Waals surface area contributed by atoms with Crippen molar-refractivity contribution in [3.8, 4) is 11.5 Å². The van der Waals surface area contributed by atoms with Gasteiger partial charge < -0.3 is 23.7 Å². The summed E-state index contributed by atoms with van der Waals surface area (Å²) in [5.41, 5.74) is 1.11. The van der Waals surface area contributed by atoms with Crippen LogP contribution in [-0.4, -0.2) is 50.0 Å². The second-order valence-electron chi connectivity index (χ2n) is 6.17. The SMILES string of the molecule is CCCN(Cc1ccc(OC)c(OC)c1)CC(O)COCc1ccco1. The van der Waals surface area contributed by atoms with Crippen molar-refractivity contribution < 1.29 is 23.7 Å². The molecule has 1 atom stereocenters. The fourth-order valence-corrected chi connectivity index (χ4v) is 2.83. The first-order chi connectivity index (χ1) is 12.7. The van der Waals surface area contributed by atoms with Gasteiger partial charge in [-0.2, -0.15) is 0 Å². The lowest BCUT2D eigenvalue weighted by Crippen LogP contribution is -2.35. The molecular weight excluding hydrogens is 334 g/mol. The highest BCUT2D eigenvalue weighted by atomic mass is 16.5. The monoisotopic (exact) mass is 363 g/mol. The second kappa shape index (κ2) is 10.9. The van der Waals surface area contributed by atoms with E-state index in [0.29, 0.717) is 24.7 Å². The lowest BCUT2D eigenvalue weighted by atomic mass is 10.1. The summed E-state index contributed by atoms with van der Waals surface area (Å²) in [6.45, 7) is 4.93. The summed E-state index contributed by atoms with van der Waals surface area (Å²) < 4.78 is 21.4. The molecule has 2 rings (SSSR count). The van der Waals surface area contributed by atoms with Crippen molar-refractivity contribution in [2.45, 2.75) is 32.6 Å². The number of methoxy groups -OCH3 is 2. The zero-order valence-electron chi connectivity index (χ0n) is 15.8. The Hall–Kier alpha value is -2.02. The normalized spacial score (nSPS) is 12.3. The van der Waals surface area contributed by atoms with Gasteiger partial charge in [0.25, 0.3) is 0 Å². The van der Waals surface area contributed by atoms with Crippen LogP contribution in [0.25, 0.3) is 0 Å². The van der Waals surface area contributed by atoms with E-state index in [1.807, 2.05) is 30.3 Å². The molecule has 1 unspecified atom stereocenters. The molecule has 1 aromatic carbocycles. The first kappa shape index (κ1) is 20.3. The van der Waals surface area contributed by atoms with Crippen LogP contribution >= 0.6 is 0 Å². The second-order valence-corrected chi connectivity index (χ2v) is 6.17. The highest BCUT2D eigenvalue weighted by Crippen LogP contribution is 2.28. The van der Waals surface area contributed by atoms with Crippen LogP contribution in [-0.2, 0) is 17.9 Å². The first-order valence-electron chi connectivity index (χ1n) is 8.87. The summed E-state index contributed by atoms with van der Waals surface area (Å²) in [4.78, 5) is 2.21. The van der Waals surface area contributed by atoms with E-state index >= 15 is 0 Å². The summed E-state index contributed by atoms with van der Waals surface area (Å²) in [6.07, 6.45) is 2.06. The van der Waals surface area contributed by atoms with Crippen LogP contribution in [0.15, 0.2) is 41.0 Å². The van der Waals surface area contributed by atoms with Crippen LogP contribution < -0.4 is 9.47 Å². The van der Waals surface area contributed by atoms with E-state index < -0.39 is 6.10 Å². The Morgan fingerprint density at radius 1 is 1.15 bits per heavy atom. The predicted octanol–water partition coefficient (Wildman–Crippen LogP) is 3.09. The van der Waals surface area contributed by atoms with Gasteiger partial charge in [-0.3, -0.25) is 4.90 Å². The molecule has 0 saturated carbocycles. The number of aliphatic hydroxyl groups is 1. The fraction of sp³-hybridized carbons (Fsp3) is 0.500. The van der Waals surface area contributed by atoms with E-state index in [2.05, 4.69) is 11.8 Å². The Bertz CT molecular complexity index is 629. The van der Waals surface area contributed by atoms with Gasteiger partial charge in [-0.05, 0) is 42.8 Å². The molecule has 0 aliphatic carbocycles. The maximum atomic E-state index is 10.3. The molecule has 6 heteroatoms. The van der Waals surface area contributed by atoms with Crippen molar-refractivity contribution in [1.82, 2.24) is 4.90 Å². The van der Waals surface area contributed by atoms with Crippen molar-refractivity contribution in [2.24, 2.45) is 0 Å². The number of furan rings is 1. The molecule has 0 radical (unpaired) electrons. The van der Waals surface area contributed by atoms with Crippen molar-refractivity contribution in [2.75, 3.05) is 33.9 Å². The number of ether oxygens (including phenoxy) is 3. The van der Waals surface area contributed by atoms with Crippen LogP contribution in [0, 0.1) is 0 Å². The maximum Gasteiger partial charge on any atom is 0.161 e. The van der Waals surface area contributed by atoms with Crippen LogP contribution in [0.1, 0.15) is 24.7 Å². The van der Waals surface area contributed by atoms with Gasteiger partial charge in [0.05, 0.1) is 33.2 Å². The molecule has 0 bridgehead atoms. The molecule has 0 spiro atoms. The van der Waals surface area contributed by atoms with Gasteiger partial charge in [0.15, 0.2) is 11.5 Å². The van der Waals surface area contributed by atoms with Gasteiger partial charge in [-0.25, -0.2) is 0 Å². The van der Waals surface area contributed by atoms with E-state index in [1.165, 1.54) is 0 Å². The highest BCUT2D eigenvalue weighted by molar-refractivity contribution is 5.42. The molecule has 0 saturated heterocycles. The Morgan fingerprint density at radius 2 is 1.96 bits per heavy atom. The van der Waals surface area contributed by atoms with Gasteiger partial charge >= 0.3 is 0 Å². The Kier molecular flexibility index (Phi) is 8.47. The number of rotatable bonds is 12. The molecule has 0 aliphatic heterocycles. The third-order valence-electron chi connectivity index (χ3n) is 4.00. The fourth-order valence-electron chi connectivity index (χ4n) is 2.83. The number of aliphatic hydroxyl groups excluding tert-OH is 1. The summed E-state index contributed by atoms with van der Waals surface area (Å²) in [5, 5.41) is 10.3. The minimum absolute atomic E-state index is 0.271. The maximum absolute atomic E-state index is 10.3. The average Bonchev–Trinajstić information content (AvgIpc) is 3.15. The van der Waals surface area contributed by atoms with Gasteiger partial charge in [-0.15, -0.1) is 0 Å². The zero-order valence-corrected chi connectivity index (χ0v) is 15.8. The number of benzene rings is 1. The molecule has 0 aliphatic rings. The number of nitrogens with zero attached hydrogens (tertiary/aromatic N) is 1. The third-order valence-corrected chi connectivity index (χ3v) is 4.00. The quantitative estimate of drug-likeness (QED) is 0.625. The summed E-state index contributed by atoms with van der Waals surface area (Å²) in [6, 6.07) is 9.57. The van der Waals surface area contributed by atoms with E-state index in [4.69, 9.17) is 18.6 Å². The van der Waals surface area contributed by atoms with E-state index in [-0.39, 0.29) is 6.61 Å². The minimum Gasteiger partial charge on any atom is -0.493 e. The number of hydrogen-bond acceptors (Lipinski definition) is 6. The van der Waals surface area contributed by atoms with Crippen molar-refractivity contribution in [1.29, 1.82) is 0 Å². The smallest absolute Gasteiger partial charge is 0.161 e. The Balaban J connectivity index is 1.86. The van der Waals surface area contributed by atoms with Crippen LogP contribution in [0.5, 0.6) is 11.5 Å². The van der Waals surface area contributed by atoms with Crippen molar-refractivity contribution >= 4 is 0 Å². The molecule has 26 heavy (non-hydrogen) atoms. The topological polar surface area (TPSA) is 64.3 Å². The molecule has 6 nitrogen and oxygen atoms in total. The van der Waals surface area contributed by atoms with Gasteiger partial charge in [0.2, 0.25) is 0 Å². The first-order valence-corrected chi connectivity index (χ1v) is 8.87. The summed E-state index contributed by atoms with van der Waals surface area (Å²) in [7, 11) is 3.26. The minimum atomic E-state index is -0.559. The van der Waals surface area contributed by atoms with Crippen molar-refractivity contribution in [3.05, 3.63) is 47.9 Å². The van der Waals surface area contributed by atoms with Gasteiger partial charge in [-0.1, -0.05) is 13.0 Å². The zero-order chi connectivity index (χ0) is 18.8.